The lowest BCUT2D eigenvalue weighted by Crippen LogP contribution is -2.56. The van der Waals surface area contributed by atoms with E-state index >= 15 is 0 Å². The monoisotopic (exact) mass is 509 g/mol. The number of fused-ring (bicyclic) bond motifs is 4. The fraction of sp³-hybridized carbons (Fsp3) is 0.533. The molecule has 4 aliphatic rings. The van der Waals surface area contributed by atoms with Crippen LogP contribution >= 0.6 is 0 Å². The summed E-state index contributed by atoms with van der Waals surface area (Å²) < 4.78 is 44.5. The predicted octanol–water partition coefficient (Wildman–Crippen LogP) is 6.72. The molecule has 37 heavy (non-hydrogen) atoms. The van der Waals surface area contributed by atoms with Crippen molar-refractivity contribution in [2.24, 2.45) is 23.2 Å². The molecule has 4 atom stereocenters. The smallest absolute Gasteiger partial charge is 0.352 e. The van der Waals surface area contributed by atoms with Gasteiger partial charge in [0.25, 0.3) is 0 Å². The highest BCUT2D eigenvalue weighted by Gasteiger charge is 2.55. The van der Waals surface area contributed by atoms with Crippen LogP contribution in [0.1, 0.15) is 68.7 Å². The number of alkyl halides is 3. The van der Waals surface area contributed by atoms with E-state index in [-0.39, 0.29) is 29.6 Å². The number of benzene rings is 1. The topological polar surface area (TPSA) is 46.9 Å². The Kier molecular flexibility index (Phi) is 5.88. The standard InChI is InChI=1S/C30H34F3N3O/c1-18-7-10-22(11-8-18)36-26-15-21-9-12-23-24(29(21,2)16-20(26)17-34-36)13-14-25(30(31,32)33)27(23)35-28(37)19-5-3-4-6-19/h7-8,10-11,13,15,17,19,23,25,27H,3-6,9,12,14,16H2,1-2H3,(H,35,37)/t23-,25+,27+,29-/m0/s1. The molecule has 4 nitrogen and oxygen atoms in total. The van der Waals surface area contributed by atoms with Gasteiger partial charge in [-0.3, -0.25) is 4.79 Å². The Balaban J connectivity index is 1.34. The van der Waals surface area contributed by atoms with Gasteiger partial charge < -0.3 is 5.32 Å². The summed E-state index contributed by atoms with van der Waals surface area (Å²) >= 11 is 0. The first-order valence-corrected chi connectivity index (χ1v) is 13.6. The normalized spacial score (nSPS) is 29.6. The Bertz CT molecular complexity index is 1270. The minimum absolute atomic E-state index is 0.0801. The summed E-state index contributed by atoms with van der Waals surface area (Å²) in [6, 6.07) is 7.36. The lowest BCUT2D eigenvalue weighted by molar-refractivity contribution is -0.187. The molecular formula is C30H34F3N3O. The third-order valence-corrected chi connectivity index (χ3v) is 9.40. The summed E-state index contributed by atoms with van der Waals surface area (Å²) in [6.07, 6.45) is 7.10. The number of aromatic nitrogens is 2. The molecule has 196 valence electrons. The average Bonchev–Trinajstić information content (AvgIpc) is 3.53. The van der Waals surface area contributed by atoms with E-state index < -0.39 is 18.1 Å². The molecule has 7 heteroatoms. The van der Waals surface area contributed by atoms with Crippen LogP contribution in [0.3, 0.4) is 0 Å². The van der Waals surface area contributed by atoms with Crippen LogP contribution in [0.15, 0.2) is 47.7 Å². The Labute approximate surface area is 216 Å². The highest BCUT2D eigenvalue weighted by atomic mass is 19.4. The average molecular weight is 510 g/mol. The number of hydrogen-bond acceptors (Lipinski definition) is 2. The number of hydrogen-bond donors (Lipinski definition) is 1. The van der Waals surface area contributed by atoms with Crippen LogP contribution in [0.25, 0.3) is 11.8 Å². The molecule has 0 spiro atoms. The van der Waals surface area contributed by atoms with Crippen molar-refractivity contribution >= 4 is 12.0 Å². The van der Waals surface area contributed by atoms with E-state index in [1.807, 2.05) is 17.0 Å². The van der Waals surface area contributed by atoms with E-state index in [4.69, 9.17) is 0 Å². The summed E-state index contributed by atoms with van der Waals surface area (Å²) in [7, 11) is 0. The second-order valence-electron chi connectivity index (χ2n) is 11.7. The third-order valence-electron chi connectivity index (χ3n) is 9.40. The molecule has 2 aromatic rings. The molecule has 0 saturated heterocycles. The third kappa shape index (κ3) is 4.15. The maximum Gasteiger partial charge on any atom is 0.394 e. The SMILES string of the molecule is Cc1ccc(-n2ncc3c2C=C2CC[C@H]4C(=CC[C@@H](C(F)(F)F)[C@@H]4NC(=O)C4CCCC4)[C@@]2(C)C3)cc1. The van der Waals surface area contributed by atoms with Crippen LogP contribution in [-0.2, 0) is 11.2 Å². The Morgan fingerprint density at radius 1 is 1.14 bits per heavy atom. The highest BCUT2D eigenvalue weighted by Crippen LogP contribution is 2.57. The number of halogens is 3. The Morgan fingerprint density at radius 2 is 1.86 bits per heavy atom. The van der Waals surface area contributed by atoms with Gasteiger partial charge in [-0.2, -0.15) is 18.3 Å². The second kappa shape index (κ2) is 8.88. The first-order chi connectivity index (χ1) is 17.6. The second-order valence-corrected chi connectivity index (χ2v) is 11.7. The van der Waals surface area contributed by atoms with Crippen LogP contribution in [-0.4, -0.2) is 27.9 Å². The molecule has 6 rings (SSSR count). The van der Waals surface area contributed by atoms with Gasteiger partial charge in [-0.25, -0.2) is 4.68 Å². The van der Waals surface area contributed by atoms with Crippen molar-refractivity contribution < 1.29 is 18.0 Å². The number of carbonyl (C=O) groups is 1. The summed E-state index contributed by atoms with van der Waals surface area (Å²) in [5, 5.41) is 7.62. The van der Waals surface area contributed by atoms with Gasteiger partial charge in [-0.05, 0) is 69.2 Å². The fourth-order valence-electron chi connectivity index (χ4n) is 7.34. The zero-order valence-corrected chi connectivity index (χ0v) is 21.4. The zero-order chi connectivity index (χ0) is 25.9. The van der Waals surface area contributed by atoms with Crippen molar-refractivity contribution in [2.75, 3.05) is 0 Å². The summed E-state index contributed by atoms with van der Waals surface area (Å²) in [5.41, 5.74) is 6.32. The fourth-order valence-corrected chi connectivity index (χ4v) is 7.34. The van der Waals surface area contributed by atoms with Crippen LogP contribution < -0.4 is 5.32 Å². The Hall–Kier alpha value is -2.83. The number of nitrogens with zero attached hydrogens (tertiary/aromatic N) is 2. The first kappa shape index (κ1) is 24.5. The van der Waals surface area contributed by atoms with Crippen molar-refractivity contribution in [3.05, 3.63) is 64.5 Å². The molecule has 2 fully saturated rings. The van der Waals surface area contributed by atoms with Crippen molar-refractivity contribution in [2.45, 2.75) is 77.4 Å². The number of allylic oxidation sites excluding steroid dienone is 2. The molecule has 4 aliphatic carbocycles. The Morgan fingerprint density at radius 3 is 2.57 bits per heavy atom. The molecule has 0 radical (unpaired) electrons. The van der Waals surface area contributed by atoms with E-state index in [1.54, 1.807) is 0 Å². The van der Waals surface area contributed by atoms with Crippen LogP contribution in [0, 0.1) is 30.1 Å². The zero-order valence-electron chi connectivity index (χ0n) is 21.4. The van der Waals surface area contributed by atoms with Crippen LogP contribution in [0.2, 0.25) is 0 Å². The molecule has 1 N–H and O–H groups in total. The van der Waals surface area contributed by atoms with Gasteiger partial charge in [0.05, 0.1) is 23.5 Å². The van der Waals surface area contributed by atoms with Crippen LogP contribution in [0.5, 0.6) is 0 Å². The molecule has 0 aliphatic heterocycles. The van der Waals surface area contributed by atoms with Crippen molar-refractivity contribution in [1.82, 2.24) is 15.1 Å². The molecule has 0 unspecified atom stereocenters. The maximum atomic E-state index is 14.2. The van der Waals surface area contributed by atoms with Gasteiger partial charge >= 0.3 is 6.18 Å². The number of aryl methyl sites for hydroxylation is 1. The minimum Gasteiger partial charge on any atom is -0.352 e. The van der Waals surface area contributed by atoms with Gasteiger partial charge in [0, 0.05) is 23.3 Å². The molecule has 2 saturated carbocycles. The number of carbonyl (C=O) groups excluding carboxylic acids is 1. The van der Waals surface area contributed by atoms with Gasteiger partial charge in [-0.1, -0.05) is 54.7 Å². The quantitative estimate of drug-likeness (QED) is 0.467. The van der Waals surface area contributed by atoms with E-state index in [1.165, 1.54) is 11.1 Å². The van der Waals surface area contributed by atoms with E-state index in [9.17, 15) is 18.0 Å². The van der Waals surface area contributed by atoms with E-state index in [0.29, 0.717) is 12.8 Å². The van der Waals surface area contributed by atoms with Crippen molar-refractivity contribution in [1.29, 1.82) is 0 Å². The van der Waals surface area contributed by atoms with Gasteiger partial charge in [0.1, 0.15) is 0 Å². The molecule has 1 amide bonds. The van der Waals surface area contributed by atoms with E-state index in [2.05, 4.69) is 54.6 Å². The maximum absolute atomic E-state index is 14.2. The molecule has 0 bridgehead atoms. The van der Waals surface area contributed by atoms with Crippen molar-refractivity contribution in [3.63, 3.8) is 0 Å². The molecular weight excluding hydrogens is 475 g/mol. The van der Waals surface area contributed by atoms with Gasteiger partial charge in [-0.15, -0.1) is 0 Å². The van der Waals surface area contributed by atoms with Crippen LogP contribution in [0.4, 0.5) is 13.2 Å². The summed E-state index contributed by atoms with van der Waals surface area (Å²) in [6.45, 7) is 4.23. The molecule has 1 heterocycles. The van der Waals surface area contributed by atoms with Gasteiger partial charge in [0.15, 0.2) is 0 Å². The molecule has 1 aromatic carbocycles. The largest absolute Gasteiger partial charge is 0.394 e. The number of nitrogens with one attached hydrogen (secondary N) is 1. The lowest BCUT2D eigenvalue weighted by atomic mass is 9.55. The molecule has 1 aromatic heterocycles. The summed E-state index contributed by atoms with van der Waals surface area (Å²) in [4.78, 5) is 13.0. The lowest BCUT2D eigenvalue weighted by Gasteiger charge is -2.51. The number of rotatable bonds is 3. The summed E-state index contributed by atoms with van der Waals surface area (Å²) in [5.74, 6) is -2.18. The number of amides is 1. The predicted molar refractivity (Wildman–Crippen MR) is 137 cm³/mol. The van der Waals surface area contributed by atoms with E-state index in [0.717, 1.165) is 54.6 Å². The minimum atomic E-state index is -4.35. The first-order valence-electron chi connectivity index (χ1n) is 13.6. The highest BCUT2D eigenvalue weighted by molar-refractivity contribution is 5.79. The van der Waals surface area contributed by atoms with Crippen molar-refractivity contribution in [3.8, 4) is 5.69 Å². The van der Waals surface area contributed by atoms with Gasteiger partial charge in [0.2, 0.25) is 5.91 Å².